The van der Waals surface area contributed by atoms with Crippen molar-refractivity contribution in [1.29, 1.82) is 0 Å². The molecule has 20 heavy (non-hydrogen) atoms. The molecule has 5 nitrogen and oxygen atoms in total. The van der Waals surface area contributed by atoms with Crippen LogP contribution >= 0.6 is 0 Å². The fourth-order valence-electron chi connectivity index (χ4n) is 2.47. The van der Waals surface area contributed by atoms with Gasteiger partial charge in [-0.25, -0.2) is 4.79 Å². The summed E-state index contributed by atoms with van der Waals surface area (Å²) in [6.45, 7) is 2.48. The number of fused-ring (bicyclic) bond motifs is 1. The Bertz CT molecular complexity index is 702. The van der Waals surface area contributed by atoms with Crippen molar-refractivity contribution < 1.29 is 19.1 Å². The molecule has 102 valence electrons. The van der Waals surface area contributed by atoms with E-state index in [-0.39, 0.29) is 18.2 Å². The lowest BCUT2D eigenvalue weighted by molar-refractivity contribution is 0.0656. The monoisotopic (exact) mass is 271 g/mol. The van der Waals surface area contributed by atoms with Crippen LogP contribution in [-0.2, 0) is 13.1 Å². The van der Waals surface area contributed by atoms with E-state index in [0.29, 0.717) is 23.4 Å². The molecule has 0 spiro atoms. The van der Waals surface area contributed by atoms with Crippen molar-refractivity contribution >= 4 is 11.9 Å². The Morgan fingerprint density at radius 2 is 2.15 bits per heavy atom. The Morgan fingerprint density at radius 3 is 2.80 bits per heavy atom. The highest BCUT2D eigenvalue weighted by atomic mass is 16.4. The molecule has 1 aromatic carbocycles. The molecule has 0 saturated heterocycles. The van der Waals surface area contributed by atoms with E-state index in [0.717, 1.165) is 5.56 Å². The summed E-state index contributed by atoms with van der Waals surface area (Å²) in [6.07, 6.45) is 0. The number of benzene rings is 1. The van der Waals surface area contributed by atoms with Gasteiger partial charge in [0.1, 0.15) is 5.76 Å². The molecule has 1 N–H and O–H groups in total. The zero-order chi connectivity index (χ0) is 14.3. The van der Waals surface area contributed by atoms with Gasteiger partial charge in [-0.15, -0.1) is 0 Å². The fraction of sp³-hybridized carbons (Fsp3) is 0.200. The number of rotatable bonds is 3. The maximum absolute atomic E-state index is 12.2. The standard InChI is InChI=1S/C15H13NO4/c1-9-6-11(20-13(9)15(18)19)8-16-7-10-4-2-3-5-12(10)14(16)17/h2-6H,7-8H2,1H3,(H,18,19). The van der Waals surface area contributed by atoms with E-state index in [4.69, 9.17) is 9.52 Å². The number of hydrogen-bond acceptors (Lipinski definition) is 3. The molecule has 5 heteroatoms. The van der Waals surface area contributed by atoms with Crippen LogP contribution < -0.4 is 0 Å². The third kappa shape index (κ3) is 1.97. The third-order valence-corrected chi connectivity index (χ3v) is 3.41. The van der Waals surface area contributed by atoms with Gasteiger partial charge in [0.05, 0.1) is 6.54 Å². The Kier molecular flexibility index (Phi) is 2.82. The van der Waals surface area contributed by atoms with Crippen molar-refractivity contribution in [2.24, 2.45) is 0 Å². The summed E-state index contributed by atoms with van der Waals surface area (Å²) in [5.74, 6) is -0.721. The van der Waals surface area contributed by atoms with Gasteiger partial charge in [0.25, 0.3) is 5.91 Å². The molecule has 1 aromatic heterocycles. The Balaban J connectivity index is 1.82. The second-order valence-corrected chi connectivity index (χ2v) is 4.85. The number of carboxylic acids is 1. The Morgan fingerprint density at radius 1 is 1.40 bits per heavy atom. The summed E-state index contributed by atoms with van der Waals surface area (Å²) in [6, 6.07) is 9.12. The van der Waals surface area contributed by atoms with Crippen molar-refractivity contribution in [3.63, 3.8) is 0 Å². The Hall–Kier alpha value is -2.56. The predicted molar refractivity (Wildman–Crippen MR) is 70.4 cm³/mol. The van der Waals surface area contributed by atoms with Crippen LogP contribution in [0.2, 0.25) is 0 Å². The molecule has 0 bridgehead atoms. The number of aryl methyl sites for hydroxylation is 1. The lowest BCUT2D eigenvalue weighted by Gasteiger charge is -2.13. The van der Waals surface area contributed by atoms with Crippen LogP contribution in [0.1, 0.15) is 37.8 Å². The molecule has 2 heterocycles. The van der Waals surface area contributed by atoms with Gasteiger partial charge in [-0.3, -0.25) is 4.79 Å². The Labute approximate surface area is 115 Å². The number of carbonyl (C=O) groups excluding carboxylic acids is 1. The molecule has 2 aromatic rings. The van der Waals surface area contributed by atoms with Gasteiger partial charge < -0.3 is 14.4 Å². The predicted octanol–water partition coefficient (Wildman–Crippen LogP) is 2.44. The van der Waals surface area contributed by atoms with E-state index in [1.54, 1.807) is 24.0 Å². The molecule has 3 rings (SSSR count). The number of carboxylic acid groups (broad SMARTS) is 1. The minimum absolute atomic E-state index is 0.0495. The van der Waals surface area contributed by atoms with E-state index >= 15 is 0 Å². The first kappa shape index (κ1) is 12.5. The SMILES string of the molecule is Cc1cc(CN2Cc3ccccc3C2=O)oc1C(=O)O. The average molecular weight is 271 g/mol. The molecular formula is C15H13NO4. The quantitative estimate of drug-likeness (QED) is 0.930. The third-order valence-electron chi connectivity index (χ3n) is 3.41. The van der Waals surface area contributed by atoms with Crippen LogP contribution in [0.5, 0.6) is 0 Å². The molecule has 0 unspecified atom stereocenters. The van der Waals surface area contributed by atoms with Crippen LogP contribution in [0.4, 0.5) is 0 Å². The van der Waals surface area contributed by atoms with E-state index in [2.05, 4.69) is 0 Å². The van der Waals surface area contributed by atoms with Gasteiger partial charge in [-0.05, 0) is 24.6 Å². The fourth-order valence-corrected chi connectivity index (χ4v) is 2.47. The minimum atomic E-state index is -1.09. The number of nitrogens with zero attached hydrogens (tertiary/aromatic N) is 1. The molecule has 1 amide bonds. The highest BCUT2D eigenvalue weighted by Gasteiger charge is 2.28. The first-order chi connectivity index (χ1) is 9.56. The van der Waals surface area contributed by atoms with Gasteiger partial charge in [0, 0.05) is 17.7 Å². The van der Waals surface area contributed by atoms with Gasteiger partial charge in [0.2, 0.25) is 5.76 Å². The van der Waals surface area contributed by atoms with E-state index in [1.165, 1.54) is 0 Å². The number of aromatic carboxylic acids is 1. The lowest BCUT2D eigenvalue weighted by Crippen LogP contribution is -2.22. The summed E-state index contributed by atoms with van der Waals surface area (Å²) in [4.78, 5) is 24.8. The zero-order valence-electron chi connectivity index (χ0n) is 10.9. The number of hydrogen-bond donors (Lipinski definition) is 1. The zero-order valence-corrected chi connectivity index (χ0v) is 10.9. The summed E-state index contributed by atoms with van der Waals surface area (Å²) in [7, 11) is 0. The first-order valence-corrected chi connectivity index (χ1v) is 6.26. The van der Waals surface area contributed by atoms with Crippen molar-refractivity contribution in [2.75, 3.05) is 0 Å². The van der Waals surface area contributed by atoms with Crippen molar-refractivity contribution in [3.05, 3.63) is 58.5 Å². The molecule has 1 aliphatic heterocycles. The molecule has 0 radical (unpaired) electrons. The molecule has 0 saturated carbocycles. The minimum Gasteiger partial charge on any atom is -0.475 e. The van der Waals surface area contributed by atoms with Gasteiger partial charge in [0.15, 0.2) is 0 Å². The highest BCUT2D eigenvalue weighted by Crippen LogP contribution is 2.25. The first-order valence-electron chi connectivity index (χ1n) is 6.26. The molecule has 0 aliphatic carbocycles. The maximum atomic E-state index is 12.2. The van der Waals surface area contributed by atoms with E-state index in [1.807, 2.05) is 18.2 Å². The number of furan rings is 1. The van der Waals surface area contributed by atoms with Crippen LogP contribution in [-0.4, -0.2) is 21.9 Å². The van der Waals surface area contributed by atoms with E-state index < -0.39 is 5.97 Å². The maximum Gasteiger partial charge on any atom is 0.372 e. The normalized spacial score (nSPS) is 13.7. The highest BCUT2D eigenvalue weighted by molar-refractivity contribution is 5.98. The van der Waals surface area contributed by atoms with Crippen molar-refractivity contribution in [2.45, 2.75) is 20.0 Å². The molecule has 0 fully saturated rings. The van der Waals surface area contributed by atoms with Crippen LogP contribution in [0.15, 0.2) is 34.7 Å². The van der Waals surface area contributed by atoms with Crippen LogP contribution in [0.25, 0.3) is 0 Å². The van der Waals surface area contributed by atoms with Crippen LogP contribution in [0.3, 0.4) is 0 Å². The second-order valence-electron chi connectivity index (χ2n) is 4.85. The smallest absolute Gasteiger partial charge is 0.372 e. The lowest BCUT2D eigenvalue weighted by atomic mass is 10.1. The van der Waals surface area contributed by atoms with Crippen molar-refractivity contribution in [3.8, 4) is 0 Å². The second kappa shape index (κ2) is 4.52. The van der Waals surface area contributed by atoms with Gasteiger partial charge >= 0.3 is 5.97 Å². The van der Waals surface area contributed by atoms with Crippen molar-refractivity contribution in [1.82, 2.24) is 4.90 Å². The summed E-state index contributed by atoms with van der Waals surface area (Å²) < 4.78 is 5.29. The number of carbonyl (C=O) groups is 2. The van der Waals surface area contributed by atoms with Gasteiger partial charge in [-0.1, -0.05) is 18.2 Å². The van der Waals surface area contributed by atoms with Crippen LogP contribution in [0, 0.1) is 6.92 Å². The van der Waals surface area contributed by atoms with E-state index in [9.17, 15) is 9.59 Å². The van der Waals surface area contributed by atoms with Gasteiger partial charge in [-0.2, -0.15) is 0 Å². The number of amides is 1. The topological polar surface area (TPSA) is 70.8 Å². The summed E-state index contributed by atoms with van der Waals surface area (Å²) in [5.41, 5.74) is 2.25. The summed E-state index contributed by atoms with van der Waals surface area (Å²) in [5, 5.41) is 8.96. The largest absolute Gasteiger partial charge is 0.475 e. The average Bonchev–Trinajstić information content (AvgIpc) is 2.92. The molecule has 0 atom stereocenters. The molecular weight excluding hydrogens is 258 g/mol. The molecule has 1 aliphatic rings. The summed E-state index contributed by atoms with van der Waals surface area (Å²) >= 11 is 0.